The van der Waals surface area contributed by atoms with Crippen molar-refractivity contribution in [1.29, 1.82) is 0 Å². The zero-order chi connectivity index (χ0) is 13.0. The molecule has 0 amide bonds. The summed E-state index contributed by atoms with van der Waals surface area (Å²) in [5, 5.41) is 0. The third-order valence-electron chi connectivity index (χ3n) is 2.53. The lowest BCUT2D eigenvalue weighted by Gasteiger charge is -2.04. The van der Waals surface area contributed by atoms with E-state index in [1.165, 1.54) is 0 Å². The fourth-order valence-electron chi connectivity index (χ4n) is 1.65. The monoisotopic (exact) mass is 244 g/mol. The molecule has 1 aromatic heterocycles. The summed E-state index contributed by atoms with van der Waals surface area (Å²) in [7, 11) is 1.63. The molecule has 0 unspecified atom stereocenters. The zero-order valence-corrected chi connectivity index (χ0v) is 10.5. The Kier molecular flexibility index (Phi) is 3.67. The van der Waals surface area contributed by atoms with Crippen LogP contribution < -0.4 is 10.5 Å². The van der Waals surface area contributed by atoms with Crippen LogP contribution in [-0.2, 0) is 0 Å². The van der Waals surface area contributed by atoms with E-state index in [1.807, 2.05) is 43.3 Å². The average Bonchev–Trinajstić information content (AvgIpc) is 2.88. The highest BCUT2D eigenvalue weighted by molar-refractivity contribution is 5.95. The van der Waals surface area contributed by atoms with Crippen LogP contribution in [0.4, 0.5) is 0 Å². The van der Waals surface area contributed by atoms with Crippen LogP contribution >= 0.6 is 0 Å². The second-order valence-corrected chi connectivity index (χ2v) is 3.73. The molecule has 0 fully saturated rings. The fourth-order valence-corrected chi connectivity index (χ4v) is 1.65. The van der Waals surface area contributed by atoms with Crippen molar-refractivity contribution in [3.8, 4) is 17.1 Å². The van der Waals surface area contributed by atoms with Gasteiger partial charge in [0, 0.05) is 12.6 Å². The van der Waals surface area contributed by atoms with Crippen LogP contribution in [-0.4, -0.2) is 19.5 Å². The lowest BCUT2D eigenvalue weighted by atomic mass is 10.1. The maximum absolute atomic E-state index is 5.69. The summed E-state index contributed by atoms with van der Waals surface area (Å²) in [5.41, 5.74) is 6.65. The van der Waals surface area contributed by atoms with Gasteiger partial charge in [-0.15, -0.1) is 0 Å². The van der Waals surface area contributed by atoms with Crippen molar-refractivity contribution in [3.05, 3.63) is 42.2 Å². The summed E-state index contributed by atoms with van der Waals surface area (Å²) in [6, 6.07) is 11.4. The second-order valence-electron chi connectivity index (χ2n) is 3.73. The summed E-state index contributed by atoms with van der Waals surface area (Å²) < 4.78 is 11.1. The summed E-state index contributed by atoms with van der Waals surface area (Å²) in [6.07, 6.45) is 0. The van der Waals surface area contributed by atoms with Crippen molar-refractivity contribution in [3.63, 3.8) is 0 Å². The van der Waals surface area contributed by atoms with Crippen LogP contribution in [0, 0.1) is 0 Å². The molecule has 18 heavy (non-hydrogen) atoms. The van der Waals surface area contributed by atoms with E-state index in [0.717, 1.165) is 17.1 Å². The van der Waals surface area contributed by atoms with E-state index >= 15 is 0 Å². The number of nitrogens with two attached hydrogens (primary N) is 1. The molecule has 1 heterocycles. The molecule has 0 aliphatic heterocycles. The minimum absolute atomic E-state index is 0.391. The molecule has 0 bridgehead atoms. The Labute approximate surface area is 106 Å². The number of furan rings is 1. The maximum atomic E-state index is 5.69. The Morgan fingerprint density at radius 1 is 1.33 bits per heavy atom. The van der Waals surface area contributed by atoms with Crippen LogP contribution in [0.1, 0.15) is 12.7 Å². The first kappa shape index (κ1) is 12.2. The first-order valence-electron chi connectivity index (χ1n) is 5.80. The highest BCUT2D eigenvalue weighted by Crippen LogP contribution is 2.25. The van der Waals surface area contributed by atoms with Gasteiger partial charge in [-0.05, 0) is 31.2 Å². The molecular weight excluding hydrogens is 228 g/mol. The molecule has 2 rings (SSSR count). The minimum atomic E-state index is 0.391. The first-order chi connectivity index (χ1) is 8.74. The first-order valence-corrected chi connectivity index (χ1v) is 5.80. The fraction of sp³-hybridized carbons (Fsp3) is 0.214. The van der Waals surface area contributed by atoms with Crippen molar-refractivity contribution in [2.75, 3.05) is 13.7 Å². The van der Waals surface area contributed by atoms with E-state index in [9.17, 15) is 0 Å². The Hall–Kier alpha value is -2.23. The van der Waals surface area contributed by atoms with E-state index in [1.54, 1.807) is 7.05 Å². The number of aliphatic imine (C=N–C) groups is 1. The van der Waals surface area contributed by atoms with Gasteiger partial charge in [-0.2, -0.15) is 0 Å². The van der Waals surface area contributed by atoms with Crippen molar-refractivity contribution in [2.45, 2.75) is 6.92 Å². The van der Waals surface area contributed by atoms with E-state index in [2.05, 4.69) is 4.99 Å². The highest BCUT2D eigenvalue weighted by atomic mass is 16.5. The predicted octanol–water partition coefficient (Wildman–Crippen LogP) is 2.68. The van der Waals surface area contributed by atoms with Gasteiger partial charge in [0.15, 0.2) is 11.6 Å². The third-order valence-corrected chi connectivity index (χ3v) is 2.53. The van der Waals surface area contributed by atoms with Crippen LogP contribution in [0.3, 0.4) is 0 Å². The van der Waals surface area contributed by atoms with Gasteiger partial charge in [0.2, 0.25) is 0 Å². The summed E-state index contributed by atoms with van der Waals surface area (Å²) in [4.78, 5) is 3.89. The second kappa shape index (κ2) is 5.40. The SMILES string of the molecule is CCOc1cccc(-c2ccc(C(N)=NC)o2)c1. The van der Waals surface area contributed by atoms with E-state index in [4.69, 9.17) is 14.9 Å². The van der Waals surface area contributed by atoms with Crippen LogP contribution in [0.2, 0.25) is 0 Å². The van der Waals surface area contributed by atoms with Crippen LogP contribution in [0.25, 0.3) is 11.3 Å². The molecule has 4 heteroatoms. The van der Waals surface area contributed by atoms with Crippen molar-refractivity contribution in [2.24, 2.45) is 10.7 Å². The lowest BCUT2D eigenvalue weighted by Crippen LogP contribution is -2.11. The highest BCUT2D eigenvalue weighted by Gasteiger charge is 2.07. The van der Waals surface area contributed by atoms with Crippen molar-refractivity contribution < 1.29 is 9.15 Å². The molecule has 94 valence electrons. The molecular formula is C14H16N2O2. The maximum Gasteiger partial charge on any atom is 0.169 e. The molecule has 0 spiro atoms. The standard InChI is InChI=1S/C14H16N2O2/c1-3-17-11-6-4-5-10(9-11)12-7-8-13(18-12)14(15)16-2/h4-9H,3H2,1-2H3,(H2,15,16). The number of nitrogens with zero attached hydrogens (tertiary/aromatic N) is 1. The van der Waals surface area contributed by atoms with E-state index < -0.39 is 0 Å². The Morgan fingerprint density at radius 3 is 2.89 bits per heavy atom. The zero-order valence-electron chi connectivity index (χ0n) is 10.5. The molecule has 2 N–H and O–H groups in total. The molecule has 0 saturated heterocycles. The Balaban J connectivity index is 2.31. The predicted molar refractivity (Wildman–Crippen MR) is 72.0 cm³/mol. The molecule has 0 atom stereocenters. The van der Waals surface area contributed by atoms with Gasteiger partial charge in [-0.1, -0.05) is 12.1 Å². The molecule has 0 radical (unpaired) electrons. The summed E-state index contributed by atoms with van der Waals surface area (Å²) in [6.45, 7) is 2.60. The van der Waals surface area contributed by atoms with Crippen molar-refractivity contribution >= 4 is 5.84 Å². The van der Waals surface area contributed by atoms with Gasteiger partial charge in [0.25, 0.3) is 0 Å². The van der Waals surface area contributed by atoms with E-state index in [0.29, 0.717) is 18.2 Å². The van der Waals surface area contributed by atoms with Gasteiger partial charge in [0.05, 0.1) is 6.61 Å². The smallest absolute Gasteiger partial charge is 0.169 e. The number of ether oxygens (including phenoxy) is 1. The van der Waals surface area contributed by atoms with Gasteiger partial charge in [-0.25, -0.2) is 0 Å². The average molecular weight is 244 g/mol. The molecule has 0 aliphatic rings. The van der Waals surface area contributed by atoms with Gasteiger partial charge < -0.3 is 14.9 Å². The number of hydrogen-bond acceptors (Lipinski definition) is 3. The van der Waals surface area contributed by atoms with Gasteiger partial charge >= 0.3 is 0 Å². The topological polar surface area (TPSA) is 60.8 Å². The Morgan fingerprint density at radius 2 is 2.17 bits per heavy atom. The normalized spacial score (nSPS) is 11.6. The summed E-state index contributed by atoms with van der Waals surface area (Å²) in [5.74, 6) is 2.54. The van der Waals surface area contributed by atoms with Gasteiger partial charge in [0.1, 0.15) is 11.5 Å². The molecule has 4 nitrogen and oxygen atoms in total. The van der Waals surface area contributed by atoms with Gasteiger partial charge in [-0.3, -0.25) is 4.99 Å². The van der Waals surface area contributed by atoms with Crippen LogP contribution in [0.15, 0.2) is 45.8 Å². The number of hydrogen-bond donors (Lipinski definition) is 1. The van der Waals surface area contributed by atoms with Crippen LogP contribution in [0.5, 0.6) is 5.75 Å². The number of amidine groups is 1. The molecule has 2 aromatic rings. The molecule has 1 aromatic carbocycles. The van der Waals surface area contributed by atoms with Crippen molar-refractivity contribution in [1.82, 2.24) is 0 Å². The number of rotatable bonds is 4. The van der Waals surface area contributed by atoms with E-state index in [-0.39, 0.29) is 0 Å². The molecule has 0 saturated carbocycles. The molecule has 0 aliphatic carbocycles. The Bertz CT molecular complexity index is 558. The third kappa shape index (κ3) is 2.53. The largest absolute Gasteiger partial charge is 0.494 e. The quantitative estimate of drug-likeness (QED) is 0.664. The summed E-state index contributed by atoms with van der Waals surface area (Å²) >= 11 is 0. The number of benzene rings is 1. The minimum Gasteiger partial charge on any atom is -0.494 e. The lowest BCUT2D eigenvalue weighted by molar-refractivity contribution is 0.340.